The Kier molecular flexibility index (Phi) is 3.11. The lowest BCUT2D eigenvalue weighted by Gasteiger charge is -2.04. The van der Waals surface area contributed by atoms with Gasteiger partial charge >= 0.3 is 0 Å². The van der Waals surface area contributed by atoms with Gasteiger partial charge in [0, 0.05) is 23.2 Å². The second kappa shape index (κ2) is 4.12. The molecule has 1 nitrogen and oxygen atoms in total. The number of fused-ring (bicyclic) bond motifs is 1. The van der Waals surface area contributed by atoms with Gasteiger partial charge in [0.15, 0.2) is 0 Å². The summed E-state index contributed by atoms with van der Waals surface area (Å²) >= 11 is 0. The van der Waals surface area contributed by atoms with Crippen LogP contribution >= 0.6 is 0 Å². The van der Waals surface area contributed by atoms with Crippen LogP contribution in [0.5, 0.6) is 0 Å². The molecule has 1 heterocycles. The minimum absolute atomic E-state index is 0. The molecule has 0 atom stereocenters. The average Bonchev–Trinajstić information content (AvgIpc) is 2.28. The van der Waals surface area contributed by atoms with Gasteiger partial charge in [-0.2, -0.15) is 0 Å². The summed E-state index contributed by atoms with van der Waals surface area (Å²) in [5.74, 6) is 0. The molecule has 0 spiro atoms. The van der Waals surface area contributed by atoms with E-state index in [-0.39, 0.29) is 11.0 Å². The number of anilines is 1. The highest BCUT2D eigenvalue weighted by atomic mass is 28.1. The van der Waals surface area contributed by atoms with E-state index in [1.807, 2.05) is 0 Å². The first kappa shape index (κ1) is 9.07. The second-order valence-electron chi connectivity index (χ2n) is 2.71. The van der Waals surface area contributed by atoms with Crippen LogP contribution in [0, 0.1) is 0 Å². The quantitative estimate of drug-likeness (QED) is 0.593. The third-order valence-electron chi connectivity index (χ3n) is 1.88. The van der Waals surface area contributed by atoms with Crippen LogP contribution in [0.25, 0.3) is 6.08 Å². The molecule has 0 saturated heterocycles. The molecule has 0 aromatic heterocycles. The van der Waals surface area contributed by atoms with E-state index in [2.05, 4.69) is 41.7 Å². The van der Waals surface area contributed by atoms with Crippen molar-refractivity contribution in [2.45, 2.75) is 6.42 Å². The molecular formula is C10H11NSi. The zero-order valence-corrected chi connectivity index (χ0v) is 7.88. The number of hydrogen-bond acceptors (Lipinski definition) is 1. The molecule has 60 valence electrons. The normalized spacial score (nSPS) is 13.7. The van der Waals surface area contributed by atoms with E-state index in [1.54, 1.807) is 0 Å². The fraction of sp³-hybridized carbons (Fsp3) is 0.200. The van der Waals surface area contributed by atoms with Crippen LogP contribution in [0.1, 0.15) is 12.0 Å². The van der Waals surface area contributed by atoms with Crippen LogP contribution in [0.2, 0.25) is 0 Å². The molecule has 0 saturated carbocycles. The van der Waals surface area contributed by atoms with E-state index in [0.717, 1.165) is 13.0 Å². The van der Waals surface area contributed by atoms with Gasteiger partial charge in [-0.15, -0.1) is 0 Å². The van der Waals surface area contributed by atoms with E-state index in [4.69, 9.17) is 0 Å². The van der Waals surface area contributed by atoms with Crippen molar-refractivity contribution in [1.29, 1.82) is 0 Å². The summed E-state index contributed by atoms with van der Waals surface area (Å²) in [6.45, 7) is 1.05. The molecule has 2 rings (SSSR count). The fourth-order valence-corrected chi connectivity index (χ4v) is 1.30. The number of hydrogen-bond donors (Lipinski definition) is 1. The summed E-state index contributed by atoms with van der Waals surface area (Å²) in [5, 5.41) is 3.36. The Morgan fingerprint density at radius 2 is 2.00 bits per heavy atom. The van der Waals surface area contributed by atoms with Crippen molar-refractivity contribution in [3.8, 4) is 0 Å². The predicted molar refractivity (Wildman–Crippen MR) is 54.3 cm³/mol. The predicted octanol–water partition coefficient (Wildman–Crippen LogP) is 2.13. The van der Waals surface area contributed by atoms with Crippen LogP contribution in [-0.4, -0.2) is 17.5 Å². The lowest BCUT2D eigenvalue weighted by Crippen LogP contribution is -1.98. The molecule has 0 aliphatic carbocycles. The first-order valence-electron chi connectivity index (χ1n) is 3.96. The van der Waals surface area contributed by atoms with Crippen molar-refractivity contribution in [1.82, 2.24) is 0 Å². The molecule has 12 heavy (non-hydrogen) atoms. The highest BCUT2D eigenvalue weighted by Gasteiger charge is 1.98. The van der Waals surface area contributed by atoms with Gasteiger partial charge < -0.3 is 5.32 Å². The van der Waals surface area contributed by atoms with Crippen molar-refractivity contribution < 1.29 is 0 Å². The molecule has 1 aromatic rings. The van der Waals surface area contributed by atoms with E-state index < -0.39 is 0 Å². The minimum atomic E-state index is 0. The first-order valence-corrected chi connectivity index (χ1v) is 3.96. The van der Waals surface area contributed by atoms with Crippen molar-refractivity contribution in [2.24, 2.45) is 0 Å². The van der Waals surface area contributed by atoms with Gasteiger partial charge in [0.2, 0.25) is 0 Å². The van der Waals surface area contributed by atoms with Crippen molar-refractivity contribution in [3.63, 3.8) is 0 Å². The maximum atomic E-state index is 3.36. The SMILES string of the molecule is C1=Cc2ccccc2NCC1.[Si]. The van der Waals surface area contributed by atoms with Crippen LogP contribution in [0.4, 0.5) is 5.69 Å². The standard InChI is InChI=1S/C10H11N.Si/c1-2-7-10-9(5-1)6-3-4-8-11-10;/h1-3,5-7,11H,4,8H2;. The summed E-state index contributed by atoms with van der Waals surface area (Å²) in [6, 6.07) is 8.37. The number of nitrogens with one attached hydrogen (secondary N) is 1. The molecule has 0 bridgehead atoms. The Balaban J connectivity index is 0.000000720. The largest absolute Gasteiger partial charge is 0.384 e. The van der Waals surface area contributed by atoms with E-state index in [0.29, 0.717) is 0 Å². The van der Waals surface area contributed by atoms with Crippen LogP contribution < -0.4 is 5.32 Å². The Labute approximate surface area is 77.5 Å². The average molecular weight is 173 g/mol. The molecule has 1 aromatic carbocycles. The zero-order valence-electron chi connectivity index (χ0n) is 6.88. The zero-order chi connectivity index (χ0) is 7.52. The fourth-order valence-electron chi connectivity index (χ4n) is 1.30. The van der Waals surface area contributed by atoms with Gasteiger partial charge in [-0.25, -0.2) is 0 Å². The van der Waals surface area contributed by atoms with E-state index in [1.165, 1.54) is 11.3 Å². The molecule has 1 N–H and O–H groups in total. The number of benzene rings is 1. The van der Waals surface area contributed by atoms with Crippen molar-refractivity contribution >= 4 is 22.7 Å². The van der Waals surface area contributed by atoms with Crippen LogP contribution in [0.15, 0.2) is 30.3 Å². The lowest BCUT2D eigenvalue weighted by atomic mass is 10.2. The summed E-state index contributed by atoms with van der Waals surface area (Å²) in [5.41, 5.74) is 2.55. The Morgan fingerprint density at radius 1 is 1.17 bits per heavy atom. The monoisotopic (exact) mass is 173 g/mol. The second-order valence-corrected chi connectivity index (χ2v) is 2.71. The van der Waals surface area contributed by atoms with Gasteiger partial charge in [-0.3, -0.25) is 0 Å². The topological polar surface area (TPSA) is 12.0 Å². The molecule has 0 unspecified atom stereocenters. The summed E-state index contributed by atoms with van der Waals surface area (Å²) in [7, 11) is 0. The maximum absolute atomic E-state index is 3.36. The highest BCUT2D eigenvalue weighted by molar-refractivity contribution is 5.75. The first-order chi connectivity index (χ1) is 5.47. The van der Waals surface area contributed by atoms with E-state index in [9.17, 15) is 0 Å². The maximum Gasteiger partial charge on any atom is 0.0413 e. The molecule has 0 amide bonds. The molecule has 2 heteroatoms. The lowest BCUT2D eigenvalue weighted by molar-refractivity contribution is 1.08. The Morgan fingerprint density at radius 3 is 2.92 bits per heavy atom. The molecule has 0 fully saturated rings. The number of rotatable bonds is 0. The summed E-state index contributed by atoms with van der Waals surface area (Å²) in [4.78, 5) is 0. The molecular weight excluding hydrogens is 162 g/mol. The third-order valence-corrected chi connectivity index (χ3v) is 1.88. The van der Waals surface area contributed by atoms with Crippen molar-refractivity contribution in [2.75, 3.05) is 11.9 Å². The van der Waals surface area contributed by atoms with Gasteiger partial charge in [0.25, 0.3) is 0 Å². The van der Waals surface area contributed by atoms with Gasteiger partial charge in [0.05, 0.1) is 0 Å². The summed E-state index contributed by atoms with van der Waals surface area (Å²) < 4.78 is 0. The van der Waals surface area contributed by atoms with Crippen molar-refractivity contribution in [3.05, 3.63) is 35.9 Å². The summed E-state index contributed by atoms with van der Waals surface area (Å²) in [6.07, 6.45) is 5.50. The van der Waals surface area contributed by atoms with Gasteiger partial charge in [0.1, 0.15) is 0 Å². The van der Waals surface area contributed by atoms with Crippen LogP contribution in [-0.2, 0) is 0 Å². The molecule has 1 aliphatic heterocycles. The van der Waals surface area contributed by atoms with Crippen LogP contribution in [0.3, 0.4) is 0 Å². The third kappa shape index (κ3) is 1.77. The Hall–Kier alpha value is -1.02. The number of para-hydroxylation sites is 1. The van der Waals surface area contributed by atoms with Gasteiger partial charge in [-0.05, 0) is 18.1 Å². The van der Waals surface area contributed by atoms with Gasteiger partial charge in [-0.1, -0.05) is 30.4 Å². The molecule has 4 radical (unpaired) electrons. The highest BCUT2D eigenvalue weighted by Crippen LogP contribution is 2.18. The minimum Gasteiger partial charge on any atom is -0.384 e. The van der Waals surface area contributed by atoms with E-state index >= 15 is 0 Å². The molecule has 1 aliphatic rings. The Bertz CT molecular complexity index is 281. The smallest absolute Gasteiger partial charge is 0.0413 e.